The summed E-state index contributed by atoms with van der Waals surface area (Å²) >= 11 is 0. The van der Waals surface area contributed by atoms with Gasteiger partial charge < -0.3 is 10.6 Å². The van der Waals surface area contributed by atoms with Gasteiger partial charge in [-0.2, -0.15) is 0 Å². The Hall–Kier alpha value is -1.84. The highest BCUT2D eigenvalue weighted by atomic mass is 19.1. The van der Waals surface area contributed by atoms with Gasteiger partial charge in [0.05, 0.1) is 11.6 Å². The lowest BCUT2D eigenvalue weighted by molar-refractivity contribution is -0.125. The first-order valence-corrected chi connectivity index (χ1v) is 6.12. The first-order valence-electron chi connectivity index (χ1n) is 6.12. The van der Waals surface area contributed by atoms with E-state index in [0.717, 1.165) is 6.42 Å². The van der Waals surface area contributed by atoms with Gasteiger partial charge in [0.1, 0.15) is 5.82 Å². The fraction of sp³-hybridized carbons (Fsp3) is 0.357. The van der Waals surface area contributed by atoms with Crippen molar-refractivity contribution in [1.29, 1.82) is 0 Å². The van der Waals surface area contributed by atoms with Crippen LogP contribution in [0.5, 0.6) is 0 Å². The predicted octanol–water partition coefficient (Wildman–Crippen LogP) is 2.14. The highest BCUT2D eigenvalue weighted by Crippen LogP contribution is 2.30. The monoisotopic (exact) mass is 248 g/mol. The van der Waals surface area contributed by atoms with Crippen LogP contribution >= 0.6 is 0 Å². The van der Waals surface area contributed by atoms with Crippen molar-refractivity contribution < 1.29 is 9.18 Å². The molecule has 0 radical (unpaired) electrons. The van der Waals surface area contributed by atoms with Gasteiger partial charge in [-0.1, -0.05) is 19.1 Å². The molecule has 0 aromatic heterocycles. The number of carbonyl (C=O) groups is 1. The van der Waals surface area contributed by atoms with E-state index in [1.165, 1.54) is 12.1 Å². The van der Waals surface area contributed by atoms with Crippen LogP contribution in [0.25, 0.3) is 5.57 Å². The number of hydrogen-bond donors (Lipinski definition) is 1. The topological polar surface area (TPSA) is 46.3 Å². The third kappa shape index (κ3) is 1.98. The minimum absolute atomic E-state index is 0.104. The van der Waals surface area contributed by atoms with Crippen LogP contribution < -0.4 is 5.73 Å². The maximum absolute atomic E-state index is 13.2. The number of benzene rings is 1. The number of nitrogens with two attached hydrogens (primary N) is 1. The van der Waals surface area contributed by atoms with E-state index in [-0.39, 0.29) is 17.8 Å². The first kappa shape index (κ1) is 12.6. The summed E-state index contributed by atoms with van der Waals surface area (Å²) in [4.78, 5) is 14.0. The number of rotatable bonds is 3. The summed E-state index contributed by atoms with van der Waals surface area (Å²) in [7, 11) is 0. The summed E-state index contributed by atoms with van der Waals surface area (Å²) in [6.07, 6.45) is 0.875. The zero-order valence-corrected chi connectivity index (χ0v) is 10.6. The van der Waals surface area contributed by atoms with Crippen molar-refractivity contribution in [3.05, 3.63) is 41.3 Å². The second-order valence-electron chi connectivity index (χ2n) is 4.52. The van der Waals surface area contributed by atoms with E-state index < -0.39 is 0 Å². The summed E-state index contributed by atoms with van der Waals surface area (Å²) in [6.45, 7) is 4.57. The van der Waals surface area contributed by atoms with Crippen molar-refractivity contribution >= 4 is 11.5 Å². The molecule has 1 atom stereocenters. The number of amides is 1. The maximum Gasteiger partial charge on any atom is 0.256 e. The molecule has 0 aliphatic carbocycles. The SMILES string of the molecule is CCCN1C(=O)C(c2cccc(F)c2)=C(N)C1C. The average Bonchev–Trinajstić information content (AvgIpc) is 2.54. The van der Waals surface area contributed by atoms with E-state index in [4.69, 9.17) is 5.73 Å². The molecule has 1 aromatic carbocycles. The van der Waals surface area contributed by atoms with Crippen LogP contribution in [0.1, 0.15) is 25.8 Å². The summed E-state index contributed by atoms with van der Waals surface area (Å²) in [5.41, 5.74) is 7.54. The molecule has 0 bridgehead atoms. The van der Waals surface area contributed by atoms with Crippen LogP contribution in [0.2, 0.25) is 0 Å². The second-order valence-corrected chi connectivity index (χ2v) is 4.52. The summed E-state index contributed by atoms with van der Waals surface area (Å²) in [5.74, 6) is -0.463. The lowest BCUT2D eigenvalue weighted by atomic mass is 10.0. The average molecular weight is 248 g/mol. The molecule has 96 valence electrons. The fourth-order valence-electron chi connectivity index (χ4n) is 2.29. The minimum Gasteiger partial charge on any atom is -0.400 e. The molecule has 2 N–H and O–H groups in total. The van der Waals surface area contributed by atoms with Crippen LogP contribution in [0.3, 0.4) is 0 Å². The molecule has 0 spiro atoms. The molecule has 1 amide bonds. The Balaban J connectivity index is 2.41. The number of halogens is 1. The Morgan fingerprint density at radius 2 is 2.17 bits per heavy atom. The minimum atomic E-state index is -0.359. The Labute approximate surface area is 106 Å². The van der Waals surface area contributed by atoms with Crippen molar-refractivity contribution in [2.24, 2.45) is 5.73 Å². The zero-order chi connectivity index (χ0) is 13.3. The normalized spacial score (nSPS) is 19.8. The third-order valence-electron chi connectivity index (χ3n) is 3.26. The van der Waals surface area contributed by atoms with Gasteiger partial charge in [-0.25, -0.2) is 4.39 Å². The van der Waals surface area contributed by atoms with E-state index >= 15 is 0 Å². The first-order chi connectivity index (χ1) is 8.56. The van der Waals surface area contributed by atoms with Crippen LogP contribution in [0.15, 0.2) is 30.0 Å². The highest BCUT2D eigenvalue weighted by molar-refractivity contribution is 6.22. The van der Waals surface area contributed by atoms with E-state index in [1.807, 2.05) is 13.8 Å². The molecule has 0 saturated heterocycles. The number of nitrogens with zero attached hydrogens (tertiary/aromatic N) is 1. The molecule has 1 aliphatic heterocycles. The van der Waals surface area contributed by atoms with Crippen LogP contribution in [0.4, 0.5) is 4.39 Å². The molecule has 18 heavy (non-hydrogen) atoms. The van der Waals surface area contributed by atoms with Gasteiger partial charge in [-0.3, -0.25) is 4.79 Å². The molecule has 1 aromatic rings. The largest absolute Gasteiger partial charge is 0.400 e. The Bertz CT molecular complexity index is 510. The number of carbonyl (C=O) groups excluding carboxylic acids is 1. The molecule has 1 unspecified atom stereocenters. The van der Waals surface area contributed by atoms with Crippen molar-refractivity contribution in [3.8, 4) is 0 Å². The van der Waals surface area contributed by atoms with Crippen molar-refractivity contribution in [2.75, 3.05) is 6.54 Å². The van der Waals surface area contributed by atoms with Crippen LogP contribution in [-0.4, -0.2) is 23.4 Å². The zero-order valence-electron chi connectivity index (χ0n) is 10.6. The fourth-order valence-corrected chi connectivity index (χ4v) is 2.29. The lowest BCUT2D eigenvalue weighted by Gasteiger charge is -2.21. The highest BCUT2D eigenvalue weighted by Gasteiger charge is 2.35. The molecule has 3 nitrogen and oxygen atoms in total. The molecular weight excluding hydrogens is 231 g/mol. The van der Waals surface area contributed by atoms with Crippen LogP contribution in [0, 0.1) is 5.82 Å². The van der Waals surface area contributed by atoms with Gasteiger partial charge in [-0.05, 0) is 31.0 Å². The van der Waals surface area contributed by atoms with Gasteiger partial charge in [-0.15, -0.1) is 0 Å². The summed E-state index contributed by atoms with van der Waals surface area (Å²) in [5, 5.41) is 0. The Morgan fingerprint density at radius 3 is 2.78 bits per heavy atom. The van der Waals surface area contributed by atoms with Crippen molar-refractivity contribution in [3.63, 3.8) is 0 Å². The number of hydrogen-bond acceptors (Lipinski definition) is 2. The second kappa shape index (κ2) is 4.80. The van der Waals surface area contributed by atoms with Gasteiger partial charge in [0.15, 0.2) is 0 Å². The third-order valence-corrected chi connectivity index (χ3v) is 3.26. The summed E-state index contributed by atoms with van der Waals surface area (Å²) < 4.78 is 13.2. The Morgan fingerprint density at radius 1 is 1.44 bits per heavy atom. The van der Waals surface area contributed by atoms with Gasteiger partial charge in [0, 0.05) is 12.2 Å². The standard InChI is InChI=1S/C14H17FN2O/c1-3-7-17-9(2)13(16)12(14(17)18)10-5-4-6-11(15)8-10/h4-6,8-9H,3,7,16H2,1-2H3. The van der Waals surface area contributed by atoms with Crippen LogP contribution in [-0.2, 0) is 4.79 Å². The van der Waals surface area contributed by atoms with Gasteiger partial charge >= 0.3 is 0 Å². The molecule has 1 heterocycles. The van der Waals surface area contributed by atoms with Crippen molar-refractivity contribution in [2.45, 2.75) is 26.3 Å². The molecule has 0 fully saturated rings. The van der Waals surface area contributed by atoms with E-state index in [1.54, 1.807) is 17.0 Å². The molecular formula is C14H17FN2O. The predicted molar refractivity (Wildman–Crippen MR) is 69.0 cm³/mol. The van der Waals surface area contributed by atoms with Gasteiger partial charge in [0.25, 0.3) is 5.91 Å². The Kier molecular flexibility index (Phi) is 3.36. The van der Waals surface area contributed by atoms with E-state index in [2.05, 4.69) is 0 Å². The molecule has 0 saturated carbocycles. The van der Waals surface area contributed by atoms with E-state index in [9.17, 15) is 9.18 Å². The molecule has 1 aliphatic rings. The van der Waals surface area contributed by atoms with E-state index in [0.29, 0.717) is 23.4 Å². The maximum atomic E-state index is 13.2. The lowest BCUT2D eigenvalue weighted by Crippen LogP contribution is -2.35. The molecule has 4 heteroatoms. The smallest absolute Gasteiger partial charge is 0.256 e. The summed E-state index contributed by atoms with van der Waals surface area (Å²) in [6, 6.07) is 5.89. The van der Waals surface area contributed by atoms with Crippen molar-refractivity contribution in [1.82, 2.24) is 4.90 Å². The molecule has 2 rings (SSSR count). The quantitative estimate of drug-likeness (QED) is 0.890. The van der Waals surface area contributed by atoms with Gasteiger partial charge in [0.2, 0.25) is 0 Å².